The second-order valence-corrected chi connectivity index (χ2v) is 7.05. The van der Waals surface area contributed by atoms with Gasteiger partial charge in [0, 0.05) is 23.6 Å². The Bertz CT molecular complexity index is 344. The predicted molar refractivity (Wildman–Crippen MR) is 82.5 cm³/mol. The van der Waals surface area contributed by atoms with Crippen LogP contribution in [0, 0.1) is 11.8 Å². The van der Waals surface area contributed by atoms with Gasteiger partial charge in [0.1, 0.15) is 0 Å². The molecule has 2 atom stereocenters. The van der Waals surface area contributed by atoms with E-state index in [9.17, 15) is 5.11 Å². The minimum Gasteiger partial charge on any atom is -0.396 e. The minimum absolute atomic E-state index is 0.275. The van der Waals surface area contributed by atoms with Crippen LogP contribution in [-0.4, -0.2) is 17.8 Å². The molecule has 1 aromatic rings. The molecule has 2 nitrogen and oxygen atoms in total. The van der Waals surface area contributed by atoms with Crippen LogP contribution >= 0.6 is 11.3 Å². The molecule has 0 amide bonds. The minimum atomic E-state index is 0.275. The number of hydrogen-bond acceptors (Lipinski definition) is 3. The number of aliphatic hydroxyl groups is 1. The predicted octanol–water partition coefficient (Wildman–Crippen LogP) is 3.98. The van der Waals surface area contributed by atoms with Gasteiger partial charge in [0.15, 0.2) is 0 Å². The number of rotatable bonds is 7. The van der Waals surface area contributed by atoms with E-state index in [1.807, 2.05) is 11.3 Å². The number of hydrogen-bond donors (Lipinski definition) is 2. The highest BCUT2D eigenvalue weighted by Gasteiger charge is 2.29. The second-order valence-electron chi connectivity index (χ2n) is 6.07. The van der Waals surface area contributed by atoms with Crippen LogP contribution in [0.2, 0.25) is 0 Å². The fourth-order valence-corrected chi connectivity index (χ4v) is 4.07. The molecule has 2 unspecified atom stereocenters. The lowest BCUT2D eigenvalue weighted by Crippen LogP contribution is -2.39. The molecule has 3 heteroatoms. The van der Waals surface area contributed by atoms with Gasteiger partial charge in [-0.3, -0.25) is 0 Å². The van der Waals surface area contributed by atoms with E-state index in [0.29, 0.717) is 18.0 Å². The highest BCUT2D eigenvalue weighted by Crippen LogP contribution is 2.38. The van der Waals surface area contributed by atoms with E-state index in [1.54, 1.807) is 0 Å². The highest BCUT2D eigenvalue weighted by molar-refractivity contribution is 7.10. The van der Waals surface area contributed by atoms with Gasteiger partial charge in [-0.15, -0.1) is 11.3 Å². The first-order chi connectivity index (χ1) is 9.22. The average Bonchev–Trinajstić information content (AvgIpc) is 3.06. The Morgan fingerprint density at radius 2 is 2.11 bits per heavy atom. The molecule has 1 aliphatic carbocycles. The Labute approximate surface area is 121 Å². The fourth-order valence-electron chi connectivity index (χ4n) is 3.19. The first kappa shape index (κ1) is 15.0. The van der Waals surface area contributed by atoms with E-state index >= 15 is 0 Å². The molecular formula is C16H27NOS. The number of nitrogens with one attached hydrogen (secondary N) is 1. The summed E-state index contributed by atoms with van der Waals surface area (Å²) >= 11 is 1.86. The summed E-state index contributed by atoms with van der Waals surface area (Å²) < 4.78 is 0. The molecule has 1 aromatic heterocycles. The maximum Gasteiger partial charge on any atom is 0.0445 e. The third-order valence-corrected chi connectivity index (χ3v) is 5.31. The van der Waals surface area contributed by atoms with Crippen LogP contribution in [0.4, 0.5) is 0 Å². The van der Waals surface area contributed by atoms with Gasteiger partial charge in [0.05, 0.1) is 0 Å². The summed E-state index contributed by atoms with van der Waals surface area (Å²) in [6, 6.07) is 5.32. The van der Waals surface area contributed by atoms with Crippen molar-refractivity contribution in [2.75, 3.05) is 6.61 Å². The zero-order valence-electron chi connectivity index (χ0n) is 12.1. The summed E-state index contributed by atoms with van der Waals surface area (Å²) in [5.41, 5.74) is 0. The number of thiophene rings is 1. The zero-order chi connectivity index (χ0) is 13.7. The van der Waals surface area contributed by atoms with E-state index in [0.717, 1.165) is 12.3 Å². The van der Waals surface area contributed by atoms with Gasteiger partial charge in [-0.2, -0.15) is 0 Å². The Morgan fingerprint density at radius 3 is 2.63 bits per heavy atom. The summed E-state index contributed by atoms with van der Waals surface area (Å²) in [7, 11) is 0. The van der Waals surface area contributed by atoms with Crippen molar-refractivity contribution in [3.05, 3.63) is 22.4 Å². The smallest absolute Gasteiger partial charge is 0.0445 e. The van der Waals surface area contributed by atoms with Crippen LogP contribution in [0.5, 0.6) is 0 Å². The van der Waals surface area contributed by atoms with Crippen molar-refractivity contribution in [2.24, 2.45) is 11.8 Å². The van der Waals surface area contributed by atoms with Gasteiger partial charge in [-0.1, -0.05) is 32.8 Å². The van der Waals surface area contributed by atoms with Crippen LogP contribution in [0.3, 0.4) is 0 Å². The normalized spacial score (nSPS) is 20.0. The molecule has 1 fully saturated rings. The maximum absolute atomic E-state index is 9.26. The lowest BCUT2D eigenvalue weighted by molar-refractivity contribution is 0.220. The Kier molecular flexibility index (Phi) is 5.86. The quantitative estimate of drug-likeness (QED) is 0.792. The van der Waals surface area contributed by atoms with Gasteiger partial charge in [0.25, 0.3) is 0 Å². The molecule has 0 bridgehead atoms. The van der Waals surface area contributed by atoms with E-state index in [-0.39, 0.29) is 6.61 Å². The summed E-state index contributed by atoms with van der Waals surface area (Å²) in [5.74, 6) is 1.34. The number of aliphatic hydroxyl groups excluding tert-OH is 1. The zero-order valence-corrected chi connectivity index (χ0v) is 13.0. The maximum atomic E-state index is 9.26. The molecule has 1 heterocycles. The van der Waals surface area contributed by atoms with E-state index in [2.05, 4.69) is 36.7 Å². The third-order valence-electron chi connectivity index (χ3n) is 4.36. The Hall–Kier alpha value is -0.380. The van der Waals surface area contributed by atoms with E-state index in [1.165, 1.54) is 30.6 Å². The van der Waals surface area contributed by atoms with E-state index in [4.69, 9.17) is 0 Å². The monoisotopic (exact) mass is 281 g/mol. The van der Waals surface area contributed by atoms with Crippen molar-refractivity contribution >= 4 is 11.3 Å². The largest absolute Gasteiger partial charge is 0.396 e. The molecule has 0 aliphatic heterocycles. The van der Waals surface area contributed by atoms with Crippen LogP contribution in [0.25, 0.3) is 0 Å². The summed E-state index contributed by atoms with van der Waals surface area (Å²) in [6.45, 7) is 4.76. The van der Waals surface area contributed by atoms with Crippen molar-refractivity contribution in [3.8, 4) is 0 Å². The Morgan fingerprint density at radius 1 is 1.37 bits per heavy atom. The molecule has 1 aliphatic rings. The summed E-state index contributed by atoms with van der Waals surface area (Å²) in [6.07, 6.45) is 6.30. The van der Waals surface area contributed by atoms with Gasteiger partial charge < -0.3 is 10.4 Å². The lowest BCUT2D eigenvalue weighted by atomic mass is 9.93. The standard InChI is InChI=1S/C16H27NOS/c1-12(2)14(9-10-18)17-16(13-6-3-4-7-13)15-8-5-11-19-15/h5,8,11-14,16-18H,3-4,6-7,9-10H2,1-2H3. The average molecular weight is 281 g/mol. The lowest BCUT2D eigenvalue weighted by Gasteiger charge is -2.31. The second kappa shape index (κ2) is 7.41. The topological polar surface area (TPSA) is 32.3 Å². The van der Waals surface area contributed by atoms with Crippen LogP contribution in [0.15, 0.2) is 17.5 Å². The first-order valence-corrected chi connectivity index (χ1v) is 8.50. The first-order valence-electron chi connectivity index (χ1n) is 7.62. The van der Waals surface area contributed by atoms with Crippen LogP contribution < -0.4 is 5.32 Å². The fraction of sp³-hybridized carbons (Fsp3) is 0.750. The molecule has 2 rings (SSSR count). The van der Waals surface area contributed by atoms with Crippen molar-refractivity contribution in [1.82, 2.24) is 5.32 Å². The van der Waals surface area contributed by atoms with Crippen molar-refractivity contribution in [3.63, 3.8) is 0 Å². The third kappa shape index (κ3) is 4.04. The molecular weight excluding hydrogens is 254 g/mol. The summed E-state index contributed by atoms with van der Waals surface area (Å²) in [4.78, 5) is 1.47. The van der Waals surface area contributed by atoms with Gasteiger partial charge in [-0.25, -0.2) is 0 Å². The molecule has 19 heavy (non-hydrogen) atoms. The Balaban J connectivity index is 2.08. The molecule has 0 saturated heterocycles. The molecule has 0 aromatic carbocycles. The van der Waals surface area contributed by atoms with E-state index < -0.39 is 0 Å². The molecule has 2 N–H and O–H groups in total. The highest BCUT2D eigenvalue weighted by atomic mass is 32.1. The van der Waals surface area contributed by atoms with Crippen molar-refractivity contribution in [2.45, 2.75) is 58.0 Å². The summed E-state index contributed by atoms with van der Waals surface area (Å²) in [5, 5.41) is 15.3. The van der Waals surface area contributed by atoms with Gasteiger partial charge in [0.2, 0.25) is 0 Å². The molecule has 0 spiro atoms. The molecule has 0 radical (unpaired) electrons. The SMILES string of the molecule is CC(C)C(CCO)NC(c1cccs1)C1CCCC1. The van der Waals surface area contributed by atoms with Crippen LogP contribution in [-0.2, 0) is 0 Å². The van der Waals surface area contributed by atoms with Gasteiger partial charge in [-0.05, 0) is 42.5 Å². The molecule has 1 saturated carbocycles. The van der Waals surface area contributed by atoms with Gasteiger partial charge >= 0.3 is 0 Å². The van der Waals surface area contributed by atoms with Crippen LogP contribution in [0.1, 0.15) is 56.9 Å². The van der Waals surface area contributed by atoms with Crippen molar-refractivity contribution in [1.29, 1.82) is 0 Å². The molecule has 108 valence electrons. The van der Waals surface area contributed by atoms with Crippen molar-refractivity contribution < 1.29 is 5.11 Å².